The van der Waals surface area contributed by atoms with Gasteiger partial charge in [0.25, 0.3) is 0 Å². The lowest BCUT2D eigenvalue weighted by Gasteiger charge is -2.48. The summed E-state index contributed by atoms with van der Waals surface area (Å²) in [7, 11) is 0. The molecule has 0 fully saturated rings. The fourth-order valence-electron chi connectivity index (χ4n) is 3.99. The van der Waals surface area contributed by atoms with Gasteiger partial charge in [-0.2, -0.15) is 5.26 Å². The second-order valence-electron chi connectivity index (χ2n) is 6.11. The van der Waals surface area contributed by atoms with E-state index in [0.29, 0.717) is 12.5 Å². The average molecular weight is 263 g/mol. The van der Waals surface area contributed by atoms with E-state index in [2.05, 4.69) is 54.6 Å². The minimum absolute atomic E-state index is 0.352. The molecule has 1 heterocycles. The van der Waals surface area contributed by atoms with Gasteiger partial charge < -0.3 is 4.74 Å². The van der Waals surface area contributed by atoms with E-state index in [9.17, 15) is 5.26 Å². The van der Waals surface area contributed by atoms with Crippen LogP contribution in [0, 0.1) is 16.7 Å². The molecule has 2 bridgehead atoms. The predicted octanol–water partition coefficient (Wildman–Crippen LogP) is 3.86. The molecule has 2 aliphatic carbocycles. The molecule has 4 rings (SSSR count). The Bertz CT molecular complexity index is 654. The summed E-state index contributed by atoms with van der Waals surface area (Å²) in [6.45, 7) is 0.617. The summed E-state index contributed by atoms with van der Waals surface area (Å²) in [5.74, 6) is 0.377. The Morgan fingerprint density at radius 3 is 2.95 bits per heavy atom. The Hall–Kier alpha value is -1.85. The van der Waals surface area contributed by atoms with Gasteiger partial charge in [0.15, 0.2) is 0 Å². The number of nitrogens with zero attached hydrogens (tertiary/aromatic N) is 1. The van der Waals surface area contributed by atoms with Crippen LogP contribution >= 0.6 is 0 Å². The molecule has 0 radical (unpaired) electrons. The van der Waals surface area contributed by atoms with Crippen molar-refractivity contribution < 1.29 is 4.74 Å². The first-order chi connectivity index (χ1) is 9.79. The summed E-state index contributed by atoms with van der Waals surface area (Å²) in [5, 5.41) is 9.78. The molecule has 1 aromatic carbocycles. The maximum absolute atomic E-state index is 9.78. The summed E-state index contributed by atoms with van der Waals surface area (Å²) < 4.78 is 6.36. The summed E-state index contributed by atoms with van der Waals surface area (Å²) >= 11 is 0. The Balaban J connectivity index is 1.88. The van der Waals surface area contributed by atoms with Gasteiger partial charge in [-0.1, -0.05) is 48.6 Å². The lowest BCUT2D eigenvalue weighted by Crippen LogP contribution is -2.51. The highest BCUT2D eigenvalue weighted by Crippen LogP contribution is 2.55. The third-order valence-corrected chi connectivity index (χ3v) is 5.19. The number of benzene rings is 1. The van der Waals surface area contributed by atoms with Gasteiger partial charge in [0.2, 0.25) is 0 Å². The van der Waals surface area contributed by atoms with Crippen molar-refractivity contribution in [2.45, 2.75) is 37.4 Å². The molecule has 1 aromatic rings. The second kappa shape index (κ2) is 4.07. The maximum Gasteiger partial charge on any atom is 0.108 e. The summed E-state index contributed by atoms with van der Waals surface area (Å²) in [6.07, 6.45) is 11.2. The van der Waals surface area contributed by atoms with Crippen LogP contribution in [-0.4, -0.2) is 5.60 Å². The third-order valence-electron chi connectivity index (χ3n) is 5.19. The summed E-state index contributed by atoms with van der Waals surface area (Å²) in [4.78, 5) is 0. The van der Waals surface area contributed by atoms with E-state index in [1.165, 1.54) is 11.1 Å². The first-order valence-corrected chi connectivity index (χ1v) is 7.26. The number of fused-ring (bicyclic) bond motifs is 3. The van der Waals surface area contributed by atoms with Crippen LogP contribution in [0.4, 0.5) is 0 Å². The van der Waals surface area contributed by atoms with E-state index in [4.69, 9.17) is 4.74 Å². The summed E-state index contributed by atoms with van der Waals surface area (Å²) in [6, 6.07) is 11.1. The van der Waals surface area contributed by atoms with Crippen LogP contribution in [0.15, 0.2) is 48.6 Å². The second-order valence-corrected chi connectivity index (χ2v) is 6.11. The number of ether oxygens (including phenoxy) is 1. The van der Waals surface area contributed by atoms with E-state index in [0.717, 1.165) is 19.3 Å². The minimum Gasteiger partial charge on any atom is -0.368 e. The van der Waals surface area contributed by atoms with Gasteiger partial charge in [0.05, 0.1) is 18.3 Å². The van der Waals surface area contributed by atoms with Gasteiger partial charge in [-0.15, -0.1) is 0 Å². The first kappa shape index (κ1) is 11.9. The van der Waals surface area contributed by atoms with Crippen LogP contribution < -0.4 is 0 Å². The molecule has 2 nitrogen and oxygen atoms in total. The quantitative estimate of drug-likeness (QED) is 0.666. The largest absolute Gasteiger partial charge is 0.368 e. The molecular formula is C18H17NO. The first-order valence-electron chi connectivity index (χ1n) is 7.26. The molecule has 3 aliphatic rings. The fourth-order valence-corrected chi connectivity index (χ4v) is 3.99. The zero-order chi connectivity index (χ0) is 13.6. The molecule has 0 unspecified atom stereocenters. The van der Waals surface area contributed by atoms with Crippen LogP contribution in [0.3, 0.4) is 0 Å². The lowest BCUT2D eigenvalue weighted by molar-refractivity contribution is -0.115. The molecule has 1 spiro atoms. The summed E-state index contributed by atoms with van der Waals surface area (Å²) in [5.41, 5.74) is 1.79. The number of hydrogen-bond donors (Lipinski definition) is 0. The van der Waals surface area contributed by atoms with Crippen molar-refractivity contribution in [1.82, 2.24) is 0 Å². The molecular weight excluding hydrogens is 246 g/mol. The average Bonchev–Trinajstić information content (AvgIpc) is 2.64. The molecule has 20 heavy (non-hydrogen) atoms. The highest BCUT2D eigenvalue weighted by molar-refractivity contribution is 5.41. The molecule has 0 saturated heterocycles. The monoisotopic (exact) mass is 263 g/mol. The highest BCUT2D eigenvalue weighted by atomic mass is 16.5. The van der Waals surface area contributed by atoms with Crippen molar-refractivity contribution in [2.24, 2.45) is 5.41 Å². The number of nitriles is 1. The van der Waals surface area contributed by atoms with Crippen molar-refractivity contribution in [3.8, 4) is 6.07 Å². The van der Waals surface area contributed by atoms with Gasteiger partial charge in [0.1, 0.15) is 5.41 Å². The van der Waals surface area contributed by atoms with Crippen LogP contribution in [0.25, 0.3) is 0 Å². The van der Waals surface area contributed by atoms with Gasteiger partial charge in [-0.05, 0) is 30.4 Å². The molecule has 0 aromatic heterocycles. The van der Waals surface area contributed by atoms with Crippen LogP contribution in [0.2, 0.25) is 0 Å². The minimum atomic E-state index is -0.486. The van der Waals surface area contributed by atoms with Crippen molar-refractivity contribution in [3.63, 3.8) is 0 Å². The Morgan fingerprint density at radius 2 is 2.05 bits per heavy atom. The maximum atomic E-state index is 9.78. The van der Waals surface area contributed by atoms with E-state index < -0.39 is 5.41 Å². The van der Waals surface area contributed by atoms with E-state index >= 15 is 0 Å². The Morgan fingerprint density at radius 1 is 1.20 bits per heavy atom. The smallest absolute Gasteiger partial charge is 0.108 e. The number of rotatable bonds is 0. The van der Waals surface area contributed by atoms with Gasteiger partial charge >= 0.3 is 0 Å². The molecule has 3 atom stereocenters. The molecule has 0 N–H and O–H groups in total. The van der Waals surface area contributed by atoms with Gasteiger partial charge in [0, 0.05) is 5.92 Å². The zero-order valence-electron chi connectivity index (χ0n) is 11.4. The van der Waals surface area contributed by atoms with Gasteiger partial charge in [-0.25, -0.2) is 0 Å². The molecule has 1 aliphatic heterocycles. The zero-order valence-corrected chi connectivity index (χ0v) is 11.4. The van der Waals surface area contributed by atoms with Crippen LogP contribution in [0.1, 0.15) is 36.3 Å². The molecule has 2 heteroatoms. The fraction of sp³-hybridized carbons (Fsp3) is 0.389. The number of allylic oxidation sites excluding steroid dienone is 2. The normalized spacial score (nSPS) is 37.5. The van der Waals surface area contributed by atoms with Crippen molar-refractivity contribution in [2.75, 3.05) is 0 Å². The molecule has 100 valence electrons. The van der Waals surface area contributed by atoms with Crippen LogP contribution in [-0.2, 0) is 11.3 Å². The Labute approximate surface area is 119 Å². The van der Waals surface area contributed by atoms with Crippen LogP contribution in [0.5, 0.6) is 0 Å². The van der Waals surface area contributed by atoms with Gasteiger partial charge in [-0.3, -0.25) is 0 Å². The molecule has 0 amide bonds. The predicted molar refractivity (Wildman–Crippen MR) is 76.9 cm³/mol. The Kier molecular flexibility index (Phi) is 2.43. The van der Waals surface area contributed by atoms with E-state index in [-0.39, 0.29) is 5.60 Å². The van der Waals surface area contributed by atoms with E-state index in [1.54, 1.807) is 0 Å². The topological polar surface area (TPSA) is 33.0 Å². The van der Waals surface area contributed by atoms with E-state index in [1.807, 2.05) is 0 Å². The standard InChI is InChI=1S/C18H17NO/c19-13-17-8-3-4-9-18(17)11-14(7-10-17)16-6-2-1-5-15(16)12-20-18/h1-7,10,14H,8-9,11-12H2/t14-,17+,18-/m0/s1. The van der Waals surface area contributed by atoms with Crippen molar-refractivity contribution >= 4 is 0 Å². The van der Waals surface area contributed by atoms with Crippen molar-refractivity contribution in [3.05, 3.63) is 59.7 Å². The van der Waals surface area contributed by atoms with Crippen molar-refractivity contribution in [1.29, 1.82) is 5.26 Å². The SMILES string of the molecule is N#C[C@@]12C=C[C@H]3C[C@]1(CC=CC2)OCc1ccccc13. The lowest BCUT2D eigenvalue weighted by atomic mass is 9.59. The molecule has 0 saturated carbocycles. The number of hydrogen-bond acceptors (Lipinski definition) is 2. The third kappa shape index (κ3) is 1.42. The highest BCUT2D eigenvalue weighted by Gasteiger charge is 2.55.